The Morgan fingerprint density at radius 3 is 2.88 bits per heavy atom. The highest BCUT2D eigenvalue weighted by atomic mass is 79.9. The van der Waals surface area contributed by atoms with E-state index in [4.69, 9.17) is 4.42 Å². The van der Waals surface area contributed by atoms with Gasteiger partial charge in [0.25, 0.3) is 0 Å². The Labute approximate surface area is 159 Å². The van der Waals surface area contributed by atoms with Gasteiger partial charge in [-0.05, 0) is 36.6 Å². The van der Waals surface area contributed by atoms with E-state index in [9.17, 15) is 4.79 Å². The molecule has 0 bridgehead atoms. The summed E-state index contributed by atoms with van der Waals surface area (Å²) < 4.78 is 6.73. The van der Waals surface area contributed by atoms with Crippen LogP contribution in [0.2, 0.25) is 0 Å². The van der Waals surface area contributed by atoms with Gasteiger partial charge in [0.1, 0.15) is 0 Å². The molecule has 4 nitrogen and oxygen atoms in total. The summed E-state index contributed by atoms with van der Waals surface area (Å²) in [6.07, 6.45) is 4.48. The maximum Gasteiger partial charge on any atom is 0.224 e. The van der Waals surface area contributed by atoms with E-state index in [0.29, 0.717) is 24.5 Å². The third-order valence-corrected chi connectivity index (χ3v) is 4.80. The highest BCUT2D eigenvalue weighted by Crippen LogP contribution is 2.24. The molecule has 3 rings (SSSR count). The lowest BCUT2D eigenvalue weighted by molar-refractivity contribution is -0.116. The molecule has 2 aromatic carbocycles. The number of hydrogen-bond donors (Lipinski definition) is 1. The van der Waals surface area contributed by atoms with Gasteiger partial charge < -0.3 is 9.73 Å². The summed E-state index contributed by atoms with van der Waals surface area (Å²) >= 11 is 5.08. The van der Waals surface area contributed by atoms with Crippen molar-refractivity contribution in [3.63, 3.8) is 0 Å². The fraction of sp³-hybridized carbons (Fsp3) is 0.158. The summed E-state index contributed by atoms with van der Waals surface area (Å²) in [5.74, 6) is 1.20. The zero-order valence-electron chi connectivity index (χ0n) is 13.7. The summed E-state index contributed by atoms with van der Waals surface area (Å²) in [5.41, 5.74) is 1.76. The highest BCUT2D eigenvalue weighted by Gasteiger charge is 2.10. The molecule has 3 aromatic rings. The number of carbonyl (C=O) groups excluding carboxylic acids is 1. The predicted octanol–water partition coefficient (Wildman–Crippen LogP) is 5.40. The summed E-state index contributed by atoms with van der Waals surface area (Å²) in [5, 5.41) is 2.90. The van der Waals surface area contributed by atoms with Gasteiger partial charge >= 0.3 is 0 Å². The number of benzene rings is 2. The van der Waals surface area contributed by atoms with Crippen LogP contribution < -0.4 is 5.32 Å². The third kappa shape index (κ3) is 4.96. The van der Waals surface area contributed by atoms with Crippen LogP contribution in [0.1, 0.15) is 12.3 Å². The molecule has 0 saturated carbocycles. The molecule has 25 heavy (non-hydrogen) atoms. The van der Waals surface area contributed by atoms with Crippen LogP contribution in [-0.4, -0.2) is 17.1 Å². The number of aryl methyl sites for hydroxylation is 1. The van der Waals surface area contributed by atoms with E-state index in [2.05, 4.69) is 26.2 Å². The molecule has 0 unspecified atom stereocenters. The quantitative estimate of drug-likeness (QED) is 0.546. The number of rotatable bonds is 6. The van der Waals surface area contributed by atoms with Crippen LogP contribution in [0, 0.1) is 0 Å². The fourth-order valence-electron chi connectivity index (χ4n) is 2.35. The van der Waals surface area contributed by atoms with E-state index in [1.807, 2.05) is 54.8 Å². The Morgan fingerprint density at radius 2 is 2.08 bits per heavy atom. The summed E-state index contributed by atoms with van der Waals surface area (Å²) in [6, 6.07) is 15.6. The number of amides is 1. The van der Waals surface area contributed by atoms with Crippen molar-refractivity contribution in [1.82, 2.24) is 4.98 Å². The molecule has 0 atom stereocenters. The number of nitrogens with one attached hydrogen (secondary N) is 1. The van der Waals surface area contributed by atoms with Gasteiger partial charge in [0.2, 0.25) is 5.91 Å². The Hall–Kier alpha value is -2.05. The molecule has 6 heteroatoms. The molecule has 1 amide bonds. The van der Waals surface area contributed by atoms with Crippen LogP contribution >= 0.6 is 27.7 Å². The van der Waals surface area contributed by atoms with Crippen LogP contribution in [0.25, 0.3) is 11.3 Å². The van der Waals surface area contributed by atoms with E-state index in [1.54, 1.807) is 18.0 Å². The van der Waals surface area contributed by atoms with Gasteiger partial charge in [0, 0.05) is 33.5 Å². The summed E-state index contributed by atoms with van der Waals surface area (Å²) in [4.78, 5) is 17.5. The molecule has 0 aliphatic rings. The summed E-state index contributed by atoms with van der Waals surface area (Å²) in [7, 11) is 0. The number of aromatic nitrogens is 1. The van der Waals surface area contributed by atoms with Gasteiger partial charge in [-0.15, -0.1) is 11.8 Å². The molecular weight excluding hydrogens is 400 g/mol. The zero-order chi connectivity index (χ0) is 17.6. The van der Waals surface area contributed by atoms with Crippen molar-refractivity contribution in [2.24, 2.45) is 0 Å². The molecule has 0 aliphatic heterocycles. The van der Waals surface area contributed by atoms with Gasteiger partial charge in [-0.2, -0.15) is 0 Å². The monoisotopic (exact) mass is 416 g/mol. The minimum absolute atomic E-state index is 0.0551. The number of anilines is 1. The minimum Gasteiger partial charge on any atom is -0.441 e. The topological polar surface area (TPSA) is 55.1 Å². The second-order valence-corrected chi connectivity index (χ2v) is 7.20. The van der Waals surface area contributed by atoms with E-state index < -0.39 is 0 Å². The van der Waals surface area contributed by atoms with Crippen LogP contribution in [0.5, 0.6) is 0 Å². The van der Waals surface area contributed by atoms with Crippen LogP contribution in [0.3, 0.4) is 0 Å². The van der Waals surface area contributed by atoms with Crippen molar-refractivity contribution in [2.75, 3.05) is 11.6 Å². The van der Waals surface area contributed by atoms with Crippen molar-refractivity contribution in [3.8, 4) is 11.3 Å². The maximum absolute atomic E-state index is 12.1. The molecule has 0 radical (unpaired) electrons. The highest BCUT2D eigenvalue weighted by molar-refractivity contribution is 9.10. The van der Waals surface area contributed by atoms with Crippen molar-refractivity contribution < 1.29 is 9.21 Å². The lowest BCUT2D eigenvalue weighted by atomic mass is 10.2. The number of carbonyl (C=O) groups is 1. The first-order chi connectivity index (χ1) is 12.1. The first-order valence-corrected chi connectivity index (χ1v) is 9.80. The second kappa shape index (κ2) is 8.36. The van der Waals surface area contributed by atoms with Crippen molar-refractivity contribution in [2.45, 2.75) is 17.7 Å². The molecule has 0 saturated heterocycles. The normalized spacial score (nSPS) is 10.6. The van der Waals surface area contributed by atoms with Gasteiger partial charge in [0.05, 0.1) is 6.20 Å². The Bertz CT molecular complexity index is 879. The van der Waals surface area contributed by atoms with E-state index in [1.165, 1.54) is 0 Å². The Balaban J connectivity index is 1.57. The molecule has 1 N–H and O–H groups in total. The van der Waals surface area contributed by atoms with Gasteiger partial charge in [0.15, 0.2) is 11.7 Å². The number of halogens is 1. The first kappa shape index (κ1) is 17.8. The number of thioether (sulfide) groups is 1. The lowest BCUT2D eigenvalue weighted by Gasteiger charge is -2.05. The van der Waals surface area contributed by atoms with E-state index in [0.717, 1.165) is 20.6 Å². The Morgan fingerprint density at radius 1 is 1.24 bits per heavy atom. The third-order valence-electron chi connectivity index (χ3n) is 3.58. The predicted molar refractivity (Wildman–Crippen MR) is 105 cm³/mol. The largest absolute Gasteiger partial charge is 0.441 e. The zero-order valence-corrected chi connectivity index (χ0v) is 16.1. The van der Waals surface area contributed by atoms with Crippen molar-refractivity contribution in [1.29, 1.82) is 0 Å². The van der Waals surface area contributed by atoms with Gasteiger partial charge in [-0.3, -0.25) is 4.79 Å². The molecule has 1 aromatic heterocycles. The van der Waals surface area contributed by atoms with Crippen LogP contribution in [0.15, 0.2) is 68.5 Å². The smallest absolute Gasteiger partial charge is 0.224 e. The number of oxazole rings is 1. The molecule has 128 valence electrons. The van der Waals surface area contributed by atoms with Gasteiger partial charge in [-0.25, -0.2) is 4.98 Å². The molecule has 0 spiro atoms. The standard InChI is InChI=1S/C19H17BrN2O2S/c1-25-16-7-3-6-15(11-16)22-18(23)8-9-19-21-12-17(24-19)13-4-2-5-14(20)10-13/h2-7,10-12H,8-9H2,1H3,(H,22,23). The Kier molecular flexibility index (Phi) is 5.94. The number of nitrogens with zero attached hydrogens (tertiary/aromatic N) is 1. The van der Waals surface area contributed by atoms with Crippen LogP contribution in [-0.2, 0) is 11.2 Å². The lowest BCUT2D eigenvalue weighted by Crippen LogP contribution is -2.12. The first-order valence-electron chi connectivity index (χ1n) is 7.78. The fourth-order valence-corrected chi connectivity index (χ4v) is 3.20. The average Bonchev–Trinajstić information content (AvgIpc) is 3.09. The van der Waals surface area contributed by atoms with Crippen molar-refractivity contribution in [3.05, 3.63) is 65.1 Å². The maximum atomic E-state index is 12.1. The van der Waals surface area contributed by atoms with Crippen molar-refractivity contribution >= 4 is 39.3 Å². The van der Waals surface area contributed by atoms with E-state index >= 15 is 0 Å². The minimum atomic E-state index is -0.0551. The van der Waals surface area contributed by atoms with Crippen LogP contribution in [0.4, 0.5) is 5.69 Å². The number of hydrogen-bond acceptors (Lipinski definition) is 4. The second-order valence-electron chi connectivity index (χ2n) is 5.41. The molecule has 0 aliphatic carbocycles. The molecule has 0 fully saturated rings. The molecular formula is C19H17BrN2O2S. The van der Waals surface area contributed by atoms with Gasteiger partial charge in [-0.1, -0.05) is 34.1 Å². The average molecular weight is 417 g/mol. The summed E-state index contributed by atoms with van der Waals surface area (Å²) in [6.45, 7) is 0. The van der Waals surface area contributed by atoms with E-state index in [-0.39, 0.29) is 5.91 Å². The molecule has 1 heterocycles. The SMILES string of the molecule is CSc1cccc(NC(=O)CCc2ncc(-c3cccc(Br)c3)o2)c1.